The molecular weight excluding hydrogens is 363 g/mol. The van der Waals surface area contributed by atoms with Crippen LogP contribution in [-0.2, 0) is 11.2 Å². The van der Waals surface area contributed by atoms with Crippen molar-refractivity contribution in [3.05, 3.63) is 35.4 Å². The standard InChI is InChI=1S/C17H24F3NO2S.C2H6/c1-2-3-12-4-6-13(7-5-12)14(17(18,19)20)8-10-24-11-9-15(21)16(22)23;1-2/h4-7,14-15H,2-3,8-11,21H2,1H3,(H,22,23);1-2H3. The summed E-state index contributed by atoms with van der Waals surface area (Å²) >= 11 is 1.31. The lowest BCUT2D eigenvalue weighted by Gasteiger charge is -2.21. The highest BCUT2D eigenvalue weighted by atomic mass is 32.2. The maximum Gasteiger partial charge on any atom is 0.395 e. The monoisotopic (exact) mass is 393 g/mol. The summed E-state index contributed by atoms with van der Waals surface area (Å²) in [5.41, 5.74) is 6.69. The average Bonchev–Trinajstić information content (AvgIpc) is 2.59. The smallest absolute Gasteiger partial charge is 0.395 e. The van der Waals surface area contributed by atoms with E-state index in [1.807, 2.05) is 20.8 Å². The average molecular weight is 394 g/mol. The quantitative estimate of drug-likeness (QED) is 0.534. The van der Waals surface area contributed by atoms with Crippen LogP contribution in [0.25, 0.3) is 0 Å². The molecule has 0 amide bonds. The van der Waals surface area contributed by atoms with E-state index in [4.69, 9.17) is 10.8 Å². The van der Waals surface area contributed by atoms with E-state index in [2.05, 4.69) is 0 Å². The summed E-state index contributed by atoms with van der Waals surface area (Å²) in [7, 11) is 0. The van der Waals surface area contributed by atoms with E-state index in [0.717, 1.165) is 18.4 Å². The first-order valence-corrected chi connectivity index (χ1v) is 10.1. The Morgan fingerprint density at radius 3 is 2.15 bits per heavy atom. The molecule has 2 unspecified atom stereocenters. The maximum atomic E-state index is 13.3. The molecule has 0 fully saturated rings. The summed E-state index contributed by atoms with van der Waals surface area (Å²) in [4.78, 5) is 10.6. The van der Waals surface area contributed by atoms with Crippen molar-refractivity contribution in [3.8, 4) is 0 Å². The second kappa shape index (κ2) is 13.0. The van der Waals surface area contributed by atoms with E-state index in [0.29, 0.717) is 11.5 Å². The molecular formula is C19H30F3NO2S. The Bertz CT molecular complexity index is 507. The molecule has 0 saturated carbocycles. The molecule has 0 aliphatic heterocycles. The van der Waals surface area contributed by atoms with Gasteiger partial charge in [-0.05, 0) is 41.9 Å². The summed E-state index contributed by atoms with van der Waals surface area (Å²) in [6.45, 7) is 6.03. The van der Waals surface area contributed by atoms with Gasteiger partial charge in [0.15, 0.2) is 0 Å². The number of nitrogens with two attached hydrogens (primary N) is 1. The normalized spacial score (nSPS) is 13.5. The number of alkyl halides is 3. The zero-order valence-electron chi connectivity index (χ0n) is 15.7. The lowest BCUT2D eigenvalue weighted by atomic mass is 9.94. The summed E-state index contributed by atoms with van der Waals surface area (Å²) < 4.78 is 39.9. The number of thioether (sulfide) groups is 1. The molecule has 1 rings (SSSR count). The SMILES string of the molecule is CC.CCCc1ccc(C(CCSCCC(N)C(=O)O)C(F)(F)F)cc1. The lowest BCUT2D eigenvalue weighted by Crippen LogP contribution is -2.30. The first kappa shape index (κ1) is 24.8. The van der Waals surface area contributed by atoms with E-state index in [9.17, 15) is 18.0 Å². The minimum atomic E-state index is -4.29. The third kappa shape index (κ3) is 9.48. The number of carboxylic acids is 1. The number of aliphatic carboxylic acids is 1. The van der Waals surface area contributed by atoms with Crippen LogP contribution in [0.5, 0.6) is 0 Å². The Kier molecular flexibility index (Phi) is 12.4. The van der Waals surface area contributed by atoms with Gasteiger partial charge in [0.1, 0.15) is 6.04 Å². The van der Waals surface area contributed by atoms with Gasteiger partial charge in [-0.15, -0.1) is 0 Å². The van der Waals surface area contributed by atoms with Crippen LogP contribution in [-0.4, -0.2) is 34.8 Å². The molecule has 150 valence electrons. The van der Waals surface area contributed by atoms with Gasteiger partial charge < -0.3 is 10.8 Å². The molecule has 7 heteroatoms. The van der Waals surface area contributed by atoms with Crippen LogP contribution in [0.1, 0.15) is 57.1 Å². The van der Waals surface area contributed by atoms with E-state index >= 15 is 0 Å². The van der Waals surface area contributed by atoms with Gasteiger partial charge in [-0.3, -0.25) is 4.79 Å². The van der Waals surface area contributed by atoms with Gasteiger partial charge in [-0.1, -0.05) is 51.5 Å². The van der Waals surface area contributed by atoms with Crippen molar-refractivity contribution in [2.24, 2.45) is 5.73 Å². The second-order valence-electron chi connectivity index (χ2n) is 5.72. The minimum Gasteiger partial charge on any atom is -0.480 e. The van der Waals surface area contributed by atoms with Crippen molar-refractivity contribution in [2.45, 2.75) is 64.6 Å². The molecule has 0 aliphatic carbocycles. The molecule has 0 radical (unpaired) electrons. The highest BCUT2D eigenvalue weighted by molar-refractivity contribution is 7.99. The number of hydrogen-bond acceptors (Lipinski definition) is 3. The summed E-state index contributed by atoms with van der Waals surface area (Å²) in [5.74, 6) is -1.83. The first-order valence-electron chi connectivity index (χ1n) is 8.97. The van der Waals surface area contributed by atoms with Crippen LogP contribution in [0.2, 0.25) is 0 Å². The van der Waals surface area contributed by atoms with Crippen molar-refractivity contribution < 1.29 is 23.1 Å². The zero-order valence-corrected chi connectivity index (χ0v) is 16.5. The second-order valence-corrected chi connectivity index (χ2v) is 6.94. The van der Waals surface area contributed by atoms with Crippen molar-refractivity contribution in [2.75, 3.05) is 11.5 Å². The fourth-order valence-electron chi connectivity index (χ4n) is 2.36. The molecule has 0 aliphatic rings. The van der Waals surface area contributed by atoms with Crippen LogP contribution in [0.3, 0.4) is 0 Å². The third-order valence-corrected chi connectivity index (χ3v) is 4.81. The highest BCUT2D eigenvalue weighted by Crippen LogP contribution is 2.38. The van der Waals surface area contributed by atoms with Crippen molar-refractivity contribution in [3.63, 3.8) is 0 Å². The van der Waals surface area contributed by atoms with Gasteiger partial charge in [-0.25, -0.2) is 0 Å². The summed E-state index contributed by atoms with van der Waals surface area (Å²) in [6, 6.07) is 5.69. The minimum absolute atomic E-state index is 0.0242. The van der Waals surface area contributed by atoms with Gasteiger partial charge in [0, 0.05) is 0 Å². The Labute approximate surface area is 158 Å². The van der Waals surface area contributed by atoms with Crippen molar-refractivity contribution >= 4 is 17.7 Å². The van der Waals surface area contributed by atoms with Gasteiger partial charge in [0.05, 0.1) is 5.92 Å². The highest BCUT2D eigenvalue weighted by Gasteiger charge is 2.40. The number of carboxylic acid groups (broad SMARTS) is 1. The van der Waals surface area contributed by atoms with E-state index < -0.39 is 24.1 Å². The van der Waals surface area contributed by atoms with Gasteiger partial charge in [-0.2, -0.15) is 24.9 Å². The molecule has 1 aromatic rings. The molecule has 2 atom stereocenters. The Morgan fingerprint density at radius 2 is 1.69 bits per heavy atom. The third-order valence-electron chi connectivity index (χ3n) is 3.76. The topological polar surface area (TPSA) is 63.3 Å². The molecule has 0 saturated heterocycles. The Balaban J connectivity index is 0.00000301. The number of aryl methyl sites for hydroxylation is 1. The molecule has 3 nitrogen and oxygen atoms in total. The van der Waals surface area contributed by atoms with E-state index in [-0.39, 0.29) is 18.4 Å². The van der Waals surface area contributed by atoms with Crippen LogP contribution in [0, 0.1) is 0 Å². The molecule has 3 N–H and O–H groups in total. The molecule has 1 aromatic carbocycles. The summed E-state index contributed by atoms with van der Waals surface area (Å²) in [6.07, 6.45) is -2.25. The van der Waals surface area contributed by atoms with Crippen LogP contribution in [0.4, 0.5) is 13.2 Å². The predicted molar refractivity (Wildman–Crippen MR) is 103 cm³/mol. The van der Waals surface area contributed by atoms with Crippen LogP contribution < -0.4 is 5.73 Å². The number of halogens is 3. The lowest BCUT2D eigenvalue weighted by molar-refractivity contribution is -0.150. The van der Waals surface area contributed by atoms with E-state index in [1.54, 1.807) is 24.3 Å². The fraction of sp³-hybridized carbons (Fsp3) is 0.632. The molecule has 0 heterocycles. The van der Waals surface area contributed by atoms with Gasteiger partial charge in [0.25, 0.3) is 0 Å². The Morgan fingerprint density at radius 1 is 1.15 bits per heavy atom. The predicted octanol–water partition coefficient (Wildman–Crippen LogP) is 5.24. The largest absolute Gasteiger partial charge is 0.480 e. The number of carbonyl (C=O) groups is 1. The first-order chi connectivity index (χ1) is 12.3. The zero-order chi connectivity index (χ0) is 20.2. The van der Waals surface area contributed by atoms with Gasteiger partial charge >= 0.3 is 12.1 Å². The molecule has 0 aromatic heterocycles. The Hall–Kier alpha value is -1.21. The maximum absolute atomic E-state index is 13.3. The molecule has 0 bridgehead atoms. The van der Waals surface area contributed by atoms with Crippen molar-refractivity contribution in [1.82, 2.24) is 0 Å². The molecule has 26 heavy (non-hydrogen) atoms. The van der Waals surface area contributed by atoms with Crippen molar-refractivity contribution in [1.29, 1.82) is 0 Å². The fourth-order valence-corrected chi connectivity index (χ4v) is 3.39. The number of benzene rings is 1. The van der Waals surface area contributed by atoms with Gasteiger partial charge in [0.2, 0.25) is 0 Å². The van der Waals surface area contributed by atoms with Crippen LogP contribution in [0.15, 0.2) is 24.3 Å². The van der Waals surface area contributed by atoms with Crippen LogP contribution >= 0.6 is 11.8 Å². The molecule has 0 spiro atoms. The van der Waals surface area contributed by atoms with E-state index in [1.165, 1.54) is 11.8 Å². The number of rotatable bonds is 10. The number of hydrogen-bond donors (Lipinski definition) is 2. The summed E-state index contributed by atoms with van der Waals surface area (Å²) in [5, 5.41) is 8.66.